The smallest absolute Gasteiger partial charge is 0.0813 e. The molecule has 0 fully saturated rings. The van der Waals surface area contributed by atoms with Crippen molar-refractivity contribution in [2.75, 3.05) is 19.8 Å². The highest BCUT2D eigenvalue weighted by molar-refractivity contribution is 6.20. The molecule has 2 atom stereocenters. The van der Waals surface area contributed by atoms with E-state index in [1.165, 1.54) is 82.6 Å². The van der Waals surface area contributed by atoms with Crippen LogP contribution >= 0.6 is 11.6 Å². The Morgan fingerprint density at radius 2 is 1.37 bits per heavy atom. The number of alkyl halides is 1. The summed E-state index contributed by atoms with van der Waals surface area (Å²) < 4.78 is 11.8. The molecule has 1 aromatic carbocycles. The lowest BCUT2D eigenvalue weighted by atomic mass is 10.0. The van der Waals surface area contributed by atoms with Crippen molar-refractivity contribution in [2.45, 2.75) is 108 Å². The maximum atomic E-state index is 9.04. The molecule has 0 saturated heterocycles. The third-order valence-corrected chi connectivity index (χ3v) is 5.77. The quantitative estimate of drug-likeness (QED) is 0.161. The fraction of sp³-hybridized carbons (Fsp3) is 0.769. The van der Waals surface area contributed by atoms with E-state index in [2.05, 4.69) is 19.1 Å². The second kappa shape index (κ2) is 20.3. The van der Waals surface area contributed by atoms with Gasteiger partial charge in [0.25, 0.3) is 0 Å². The molecule has 0 aliphatic carbocycles. The summed E-state index contributed by atoms with van der Waals surface area (Å²) in [5, 5.41) is 8.69. The molecule has 1 N–H and O–H groups in total. The average molecular weight is 441 g/mol. The number of hydrogen-bond donors (Lipinski definition) is 1. The second-order valence-electron chi connectivity index (χ2n) is 8.41. The molecule has 0 bridgehead atoms. The van der Waals surface area contributed by atoms with Gasteiger partial charge in [-0.25, -0.2) is 0 Å². The van der Waals surface area contributed by atoms with Crippen molar-refractivity contribution < 1.29 is 14.6 Å². The maximum absolute atomic E-state index is 9.04. The molecule has 0 spiro atoms. The van der Waals surface area contributed by atoms with Gasteiger partial charge in [0.05, 0.1) is 37.9 Å². The van der Waals surface area contributed by atoms with E-state index >= 15 is 0 Å². The van der Waals surface area contributed by atoms with Gasteiger partial charge >= 0.3 is 0 Å². The van der Waals surface area contributed by atoms with Gasteiger partial charge in [-0.2, -0.15) is 0 Å². The molecular formula is C26H45ClO3. The maximum Gasteiger partial charge on any atom is 0.0813 e. The van der Waals surface area contributed by atoms with Crippen LogP contribution in [0.4, 0.5) is 0 Å². The molecule has 0 radical (unpaired) electrons. The van der Waals surface area contributed by atoms with Gasteiger partial charge in [0.15, 0.2) is 0 Å². The lowest BCUT2D eigenvalue weighted by Gasteiger charge is -2.19. The zero-order valence-electron chi connectivity index (χ0n) is 19.2. The number of hydrogen-bond acceptors (Lipinski definition) is 3. The summed E-state index contributed by atoms with van der Waals surface area (Å²) in [5.74, 6) is 0. The highest BCUT2D eigenvalue weighted by Gasteiger charge is 2.11. The molecule has 3 nitrogen and oxygen atoms in total. The summed E-state index contributed by atoms with van der Waals surface area (Å²) in [4.78, 5) is 0. The van der Waals surface area contributed by atoms with Crippen LogP contribution in [0.1, 0.15) is 96.0 Å². The Balaban J connectivity index is 2.11. The predicted octanol–water partition coefficient (Wildman–Crippen LogP) is 7.28. The molecule has 0 saturated carbocycles. The van der Waals surface area contributed by atoms with Crippen LogP contribution < -0.4 is 0 Å². The molecule has 1 aromatic rings. The largest absolute Gasteiger partial charge is 0.395 e. The van der Waals surface area contributed by atoms with Gasteiger partial charge in [-0.15, -0.1) is 11.6 Å². The summed E-state index contributed by atoms with van der Waals surface area (Å²) in [6.07, 6.45) is 17.4. The number of aliphatic hydroxyl groups is 1. The van der Waals surface area contributed by atoms with Crippen molar-refractivity contribution in [3.63, 3.8) is 0 Å². The second-order valence-corrected chi connectivity index (χ2v) is 9.03. The topological polar surface area (TPSA) is 38.7 Å². The van der Waals surface area contributed by atoms with Crippen molar-refractivity contribution in [2.24, 2.45) is 0 Å². The number of aliphatic hydroxyl groups excluding tert-OH is 1. The Morgan fingerprint density at radius 3 is 1.93 bits per heavy atom. The molecule has 0 aliphatic rings. The monoisotopic (exact) mass is 440 g/mol. The van der Waals surface area contributed by atoms with E-state index in [1.807, 2.05) is 18.2 Å². The third-order valence-electron chi connectivity index (χ3n) is 5.51. The molecule has 0 heterocycles. The van der Waals surface area contributed by atoms with Gasteiger partial charge in [-0.3, -0.25) is 0 Å². The molecule has 0 aromatic heterocycles. The summed E-state index contributed by atoms with van der Waals surface area (Å²) in [5.41, 5.74) is 1.18. The minimum absolute atomic E-state index is 0.0597. The Labute approximate surface area is 190 Å². The van der Waals surface area contributed by atoms with E-state index in [1.54, 1.807) is 0 Å². The van der Waals surface area contributed by atoms with Crippen LogP contribution in [-0.2, 0) is 16.1 Å². The van der Waals surface area contributed by atoms with Gasteiger partial charge in [0, 0.05) is 0 Å². The Hall–Kier alpha value is -0.610. The van der Waals surface area contributed by atoms with Gasteiger partial charge in [-0.1, -0.05) is 114 Å². The third kappa shape index (κ3) is 16.1. The van der Waals surface area contributed by atoms with Gasteiger partial charge in [0.2, 0.25) is 0 Å². The van der Waals surface area contributed by atoms with Crippen LogP contribution in [0, 0.1) is 0 Å². The first kappa shape index (κ1) is 27.4. The molecular weight excluding hydrogens is 396 g/mol. The van der Waals surface area contributed by atoms with E-state index in [0.29, 0.717) is 19.8 Å². The summed E-state index contributed by atoms with van der Waals surface area (Å²) in [6.45, 7) is 3.72. The SMILES string of the molecule is CCCCCCCCCCCCCCC(COCC(Cl)CO)OCc1ccccc1. The van der Waals surface area contributed by atoms with Crippen molar-refractivity contribution in [3.8, 4) is 0 Å². The standard InChI is InChI=1S/C26H45ClO3/c1-2-3-4-5-6-7-8-9-10-11-12-16-19-26(23-29-22-25(27)20-28)30-21-24-17-14-13-15-18-24/h13-15,17-18,25-26,28H,2-12,16,19-23H2,1H3. The molecule has 4 heteroatoms. The average Bonchev–Trinajstić information content (AvgIpc) is 2.78. The first-order chi connectivity index (χ1) is 14.8. The van der Waals surface area contributed by atoms with E-state index in [-0.39, 0.29) is 18.1 Å². The molecule has 30 heavy (non-hydrogen) atoms. The van der Waals surface area contributed by atoms with Gasteiger partial charge in [-0.05, 0) is 12.0 Å². The van der Waals surface area contributed by atoms with E-state index in [9.17, 15) is 0 Å². The van der Waals surface area contributed by atoms with Crippen molar-refractivity contribution >= 4 is 11.6 Å². The van der Waals surface area contributed by atoms with E-state index in [4.69, 9.17) is 26.2 Å². The highest BCUT2D eigenvalue weighted by atomic mass is 35.5. The minimum atomic E-state index is -0.341. The molecule has 0 aliphatic heterocycles. The molecule has 1 rings (SSSR count). The van der Waals surface area contributed by atoms with Gasteiger partial charge < -0.3 is 14.6 Å². The zero-order chi connectivity index (χ0) is 21.7. The van der Waals surface area contributed by atoms with Crippen molar-refractivity contribution in [3.05, 3.63) is 35.9 Å². The zero-order valence-corrected chi connectivity index (χ0v) is 20.0. The number of benzene rings is 1. The van der Waals surface area contributed by atoms with Crippen molar-refractivity contribution in [1.29, 1.82) is 0 Å². The Morgan fingerprint density at radius 1 is 0.800 bits per heavy atom. The first-order valence-corrected chi connectivity index (χ1v) is 12.7. The fourth-order valence-corrected chi connectivity index (χ4v) is 3.69. The van der Waals surface area contributed by atoms with Crippen LogP contribution in [0.5, 0.6) is 0 Å². The summed E-state index contributed by atoms with van der Waals surface area (Å²) in [7, 11) is 0. The van der Waals surface area contributed by atoms with E-state index in [0.717, 1.165) is 6.42 Å². The van der Waals surface area contributed by atoms with Crippen LogP contribution in [0.2, 0.25) is 0 Å². The fourth-order valence-electron chi connectivity index (χ4n) is 3.60. The number of ether oxygens (including phenoxy) is 2. The molecule has 174 valence electrons. The minimum Gasteiger partial charge on any atom is -0.395 e. The van der Waals surface area contributed by atoms with Crippen LogP contribution in [-0.4, -0.2) is 36.4 Å². The molecule has 2 unspecified atom stereocenters. The highest BCUT2D eigenvalue weighted by Crippen LogP contribution is 2.15. The Bertz CT molecular complexity index is 469. The summed E-state index contributed by atoms with van der Waals surface area (Å²) in [6, 6.07) is 10.3. The summed E-state index contributed by atoms with van der Waals surface area (Å²) >= 11 is 5.94. The molecule has 0 amide bonds. The van der Waals surface area contributed by atoms with E-state index < -0.39 is 0 Å². The first-order valence-electron chi connectivity index (χ1n) is 12.2. The Kier molecular flexibility index (Phi) is 18.6. The van der Waals surface area contributed by atoms with Gasteiger partial charge in [0.1, 0.15) is 0 Å². The van der Waals surface area contributed by atoms with Crippen LogP contribution in [0.25, 0.3) is 0 Å². The predicted molar refractivity (Wildman–Crippen MR) is 128 cm³/mol. The van der Waals surface area contributed by atoms with Crippen molar-refractivity contribution in [1.82, 2.24) is 0 Å². The number of unbranched alkanes of at least 4 members (excludes halogenated alkanes) is 11. The van der Waals surface area contributed by atoms with Crippen LogP contribution in [0.3, 0.4) is 0 Å². The normalized spacial score (nSPS) is 13.4. The lowest BCUT2D eigenvalue weighted by Crippen LogP contribution is -2.23. The number of rotatable bonds is 21. The lowest BCUT2D eigenvalue weighted by molar-refractivity contribution is -0.0310. The number of halogens is 1. The van der Waals surface area contributed by atoms with Crippen LogP contribution in [0.15, 0.2) is 30.3 Å².